The second-order valence-corrected chi connectivity index (χ2v) is 32.2. The zero-order chi connectivity index (χ0) is 92.0. The Kier molecular flexibility index (Phi) is 69.0. The minimum Gasteiger partial charge on any atom is -0.548 e. The van der Waals surface area contributed by atoms with Gasteiger partial charge in [0, 0.05) is 174 Å². The number of rotatable bonds is 48. The normalized spacial score (nSPS) is 13.4. The van der Waals surface area contributed by atoms with Crippen LogP contribution < -0.4 is 95.9 Å². The highest BCUT2D eigenvalue weighted by Gasteiger charge is 2.13. The summed E-state index contributed by atoms with van der Waals surface area (Å²) in [5.41, 5.74) is 44.1. The summed E-state index contributed by atoms with van der Waals surface area (Å²) in [6.07, 6.45) is 63.2. The number of hydrogen-bond acceptors (Lipinski definition) is 36. The largest absolute Gasteiger partial charge is 0.548 e. The molecule has 0 aromatic carbocycles. The van der Waals surface area contributed by atoms with E-state index in [-0.39, 0.29) is 25.7 Å². The Labute approximate surface area is 734 Å². The van der Waals surface area contributed by atoms with E-state index in [0.717, 1.165) is 49.4 Å². The highest BCUT2D eigenvalue weighted by molar-refractivity contribution is 7.99. The van der Waals surface area contributed by atoms with E-state index in [2.05, 4.69) is 168 Å². The van der Waals surface area contributed by atoms with Crippen molar-refractivity contribution in [3.63, 3.8) is 0 Å². The van der Waals surface area contributed by atoms with E-state index < -0.39 is 96.1 Å². The molecule has 0 spiro atoms. The summed E-state index contributed by atoms with van der Waals surface area (Å²) in [4.78, 5) is 116. The Morgan fingerprint density at radius 1 is 0.352 bits per heavy atom. The number of carbonyl (C=O) groups excluding carboxylic acids is 8. The number of aryl methyl sites for hydroxylation is 4. The molecule has 2 aliphatic rings. The van der Waals surface area contributed by atoms with Crippen molar-refractivity contribution in [1.29, 1.82) is 0 Å². The van der Waals surface area contributed by atoms with Crippen LogP contribution in [-0.4, -0.2) is 253 Å². The van der Waals surface area contributed by atoms with Crippen molar-refractivity contribution >= 4 is 94.8 Å². The van der Waals surface area contributed by atoms with Crippen molar-refractivity contribution in [3.05, 3.63) is 135 Å². The summed E-state index contributed by atoms with van der Waals surface area (Å²) in [6, 6.07) is -7.03. The first-order chi connectivity index (χ1) is 58.0. The van der Waals surface area contributed by atoms with E-state index in [1.807, 2.05) is 25.0 Å². The van der Waals surface area contributed by atoms with Crippen molar-refractivity contribution in [2.24, 2.45) is 60.0 Å². The summed E-state index contributed by atoms with van der Waals surface area (Å²) in [7, 11) is 8.41. The Morgan fingerprint density at radius 2 is 0.566 bits per heavy atom. The quantitative estimate of drug-likeness (QED) is 0.0125. The number of nitrogens with zero attached hydrogens (tertiary/aromatic N) is 12. The van der Waals surface area contributed by atoms with E-state index >= 15 is 0 Å². The summed E-state index contributed by atoms with van der Waals surface area (Å²) in [5, 5.41) is 80.5. The van der Waals surface area contributed by atoms with E-state index in [1.165, 1.54) is 153 Å². The average Bonchev–Trinajstić information content (AvgIpc) is 1.81. The van der Waals surface area contributed by atoms with Crippen LogP contribution in [0.3, 0.4) is 0 Å². The van der Waals surface area contributed by atoms with Gasteiger partial charge < -0.3 is 165 Å². The maximum Gasteiger partial charge on any atom is 0.243 e. The average molecular weight is 1790 g/mol. The van der Waals surface area contributed by atoms with Crippen LogP contribution in [0, 0.1) is 0 Å². The fraction of sp³-hybridized carbons (Fsp3) is 0.615. The molecular weight excluding hydrogens is 1660 g/mol. The van der Waals surface area contributed by atoms with Crippen molar-refractivity contribution in [2.75, 3.05) is 88.6 Å². The van der Waals surface area contributed by atoms with Crippen LogP contribution in [0.5, 0.6) is 0 Å². The number of hydrogen-bond donors (Lipinski definition) is 12. The van der Waals surface area contributed by atoms with Gasteiger partial charge in [0.15, 0.2) is 0 Å². The van der Waals surface area contributed by atoms with Crippen LogP contribution in [0.1, 0.15) is 138 Å². The molecule has 6 aromatic rings. The fourth-order valence-electron chi connectivity index (χ4n) is 10.0. The number of thioether (sulfide) groups is 4. The molecule has 122 heavy (non-hydrogen) atoms. The minimum absolute atomic E-state index is 0.225. The molecule has 8 atom stereocenters. The van der Waals surface area contributed by atoms with Gasteiger partial charge in [0.25, 0.3) is 0 Å². The lowest BCUT2D eigenvalue weighted by molar-refractivity contribution is -0.671. The highest BCUT2D eigenvalue weighted by atomic mass is 32.2. The van der Waals surface area contributed by atoms with Gasteiger partial charge in [0.1, 0.15) is 24.8 Å². The predicted molar refractivity (Wildman–Crippen MR) is 458 cm³/mol. The Bertz CT molecular complexity index is 3280. The molecule has 0 bridgehead atoms. The lowest BCUT2D eigenvalue weighted by Crippen LogP contribution is -2.43. The van der Waals surface area contributed by atoms with Gasteiger partial charge >= 0.3 is 0 Å². The van der Waals surface area contributed by atoms with E-state index in [1.54, 1.807) is 47.0 Å². The van der Waals surface area contributed by atoms with Crippen LogP contribution in [-0.2, 0) is 91.2 Å². The van der Waals surface area contributed by atoms with Gasteiger partial charge in [-0.25, -0.2) is 38.2 Å². The standard InChI is InChI=1S/C18H32N4.C16H30N4.4C6H9N3O2.4C5H11NO2S/c1-19-13-15-21(17-19)11-9-7-5-3-4-6-8-10-12-22-16-14-20(2)18-22;1-17-11-13-19(15-17)9-7-5-3-4-6-8-10-20-14-12-18(2)16-20;4*7-5(6(10)11)1-4-2-8-3-9-4;4*1-9-3-2-4(6)5(7)8/h13-18H,3-12H2,1-2H3;11-14H,3-10,15-16H2,1-2H3;4*2-3,5H,1,7H2,(H,8,9)(H,10,11);4*4H,2-3,6H2,1H3,(H,7,8)/q+2;;;;;;;;;/p-8. The molecular formula is C78H134N24O16S4-6. The van der Waals surface area contributed by atoms with Gasteiger partial charge in [-0.2, -0.15) is 47.0 Å². The van der Waals surface area contributed by atoms with Crippen molar-refractivity contribution < 1.29 is 88.3 Å². The number of aromatic amines is 4. The summed E-state index contributed by atoms with van der Waals surface area (Å²) < 4.78 is 8.77. The summed E-state index contributed by atoms with van der Waals surface area (Å²) in [5.74, 6) is -6.56. The topological polar surface area (TPSA) is 674 Å². The SMILES string of the molecule is CN1C=CN(CCCCCCCCN2C=CN(C)C2)C1.CSCCC(N)C(=O)[O-].CSCCC(N)C(=O)[O-].CSCCC(N)C(=O)[O-].CSCCC(N)C(=O)[O-].C[n+]1ccn(CCCCCCCCCCn2cc[n+](C)c2)c1.NC(Cc1cnc[nH]1)C(=O)[O-].NC(Cc1cnc[nH]1)C(=O)[O-].NC(Cc1cnc[nH]1)C(=O)[O-].NC(Cc1cnc[nH]1)C(=O)[O-]. The second-order valence-electron chi connectivity index (χ2n) is 28.3. The molecule has 8 heterocycles. The van der Waals surface area contributed by atoms with Crippen LogP contribution >= 0.6 is 47.0 Å². The first-order valence-corrected chi connectivity index (χ1v) is 45.4. The molecule has 6 aromatic heterocycles. The van der Waals surface area contributed by atoms with E-state index in [9.17, 15) is 79.2 Å². The molecule has 8 rings (SSSR count). The van der Waals surface area contributed by atoms with Gasteiger partial charge in [-0.1, -0.05) is 51.4 Å². The molecule has 20 N–H and O–H groups in total. The maximum absolute atomic E-state index is 10.2. The molecule has 44 heteroatoms. The van der Waals surface area contributed by atoms with Gasteiger partial charge in [0.05, 0.1) is 114 Å². The van der Waals surface area contributed by atoms with Crippen molar-refractivity contribution in [1.82, 2.24) is 68.6 Å². The van der Waals surface area contributed by atoms with Crippen molar-refractivity contribution in [3.8, 4) is 0 Å². The number of aliphatic carboxylic acids is 8. The van der Waals surface area contributed by atoms with Gasteiger partial charge in [-0.3, -0.25) is 0 Å². The molecule has 40 nitrogen and oxygen atoms in total. The number of carbonyl (C=O) groups is 8. The predicted octanol–water partition coefficient (Wildman–Crippen LogP) is -7.18. The van der Waals surface area contributed by atoms with Crippen molar-refractivity contribution in [2.45, 2.75) is 203 Å². The molecule has 0 aliphatic carbocycles. The van der Waals surface area contributed by atoms with Gasteiger partial charge in [-0.05, 0) is 112 Å². The van der Waals surface area contributed by atoms with Crippen LogP contribution in [0.4, 0.5) is 0 Å². The van der Waals surface area contributed by atoms with E-state index in [4.69, 9.17) is 45.9 Å². The number of nitrogens with two attached hydrogens (primary N) is 8. The van der Waals surface area contributed by atoms with Crippen LogP contribution in [0.25, 0.3) is 0 Å². The number of nitrogens with one attached hydrogen (secondary N) is 4. The van der Waals surface area contributed by atoms with Crippen LogP contribution in [0.15, 0.2) is 112 Å². The first-order valence-electron chi connectivity index (χ1n) is 39.8. The van der Waals surface area contributed by atoms with E-state index in [0.29, 0.717) is 48.5 Å². The fourth-order valence-corrected chi connectivity index (χ4v) is 12.0. The monoisotopic (exact) mass is 1790 g/mol. The molecule has 0 amide bonds. The Balaban J connectivity index is 0. The lowest BCUT2D eigenvalue weighted by Gasteiger charge is -2.18. The molecule has 692 valence electrons. The number of aromatic nitrogens is 12. The Hall–Kier alpha value is -9.22. The molecule has 0 saturated carbocycles. The third-order valence-electron chi connectivity index (χ3n) is 17.2. The number of imidazole rings is 6. The highest BCUT2D eigenvalue weighted by Crippen LogP contribution is 2.13. The molecule has 8 unspecified atom stereocenters. The number of carboxylic acids is 8. The molecule has 0 fully saturated rings. The maximum atomic E-state index is 10.2. The molecule has 0 radical (unpaired) electrons. The zero-order valence-electron chi connectivity index (χ0n) is 71.8. The van der Waals surface area contributed by atoms with Gasteiger partial charge in [0.2, 0.25) is 12.7 Å². The molecule has 0 saturated heterocycles. The second kappa shape index (κ2) is 73.3. The minimum atomic E-state index is -1.25. The first kappa shape index (κ1) is 115. The van der Waals surface area contributed by atoms with Crippen LogP contribution in [0.2, 0.25) is 0 Å². The lowest BCUT2D eigenvalue weighted by atomic mass is 10.1. The smallest absolute Gasteiger partial charge is 0.243 e. The zero-order valence-corrected chi connectivity index (χ0v) is 75.1. The number of carboxylic acid groups (broad SMARTS) is 8. The number of H-pyrrole nitrogens is 4. The number of unbranched alkanes of at least 4 members (excludes halogenated alkanes) is 12. The molecule has 2 aliphatic heterocycles. The van der Waals surface area contributed by atoms with Gasteiger partial charge in [-0.15, -0.1) is 0 Å². The summed E-state index contributed by atoms with van der Waals surface area (Å²) in [6.45, 7) is 6.89. The summed E-state index contributed by atoms with van der Waals surface area (Å²) >= 11 is 6.30. The Morgan fingerprint density at radius 3 is 0.730 bits per heavy atom. The third kappa shape index (κ3) is 65.5. The third-order valence-corrected chi connectivity index (χ3v) is 19.8.